The molecule has 0 radical (unpaired) electrons. The Hall–Kier alpha value is -0.600. The summed E-state index contributed by atoms with van der Waals surface area (Å²) in [6, 6.07) is 6.23. The summed E-state index contributed by atoms with van der Waals surface area (Å²) >= 11 is 0. The first-order valence-corrected chi connectivity index (χ1v) is 8.87. The molecule has 22 heavy (non-hydrogen) atoms. The van der Waals surface area contributed by atoms with Gasteiger partial charge in [-0.15, -0.1) is 0 Å². The Balaban J connectivity index is 0.00000441. The van der Waals surface area contributed by atoms with Crippen LogP contribution in [0, 0.1) is 6.92 Å². The highest BCUT2D eigenvalue weighted by Gasteiger charge is 2.02. The fraction of sp³-hybridized carbons (Fsp3) is 0.737. The highest BCUT2D eigenvalue weighted by Crippen LogP contribution is 2.10. The van der Waals surface area contributed by atoms with Crippen molar-refractivity contribution < 1.29 is 21.7 Å². The summed E-state index contributed by atoms with van der Waals surface area (Å²) in [5, 5.41) is 0. The molecule has 1 heterocycles. The van der Waals surface area contributed by atoms with Crippen LogP contribution in [0.3, 0.4) is 0 Å². The Morgan fingerprint density at radius 1 is 0.864 bits per heavy atom. The fourth-order valence-corrected chi connectivity index (χ4v) is 2.56. The molecule has 2 nitrogen and oxygen atoms in total. The molecule has 0 aliphatic carbocycles. The van der Waals surface area contributed by atoms with Gasteiger partial charge in [0.15, 0.2) is 11.9 Å². The Kier molecular flexibility index (Phi) is 14.9. The Bertz CT molecular complexity index is 357. The van der Waals surface area contributed by atoms with E-state index >= 15 is 0 Å². The summed E-state index contributed by atoms with van der Waals surface area (Å²) in [5.74, 6) is 0. The van der Waals surface area contributed by atoms with Crippen molar-refractivity contribution in [2.24, 2.45) is 0 Å². The van der Waals surface area contributed by atoms with Gasteiger partial charge in [0.25, 0.3) is 6.73 Å². The van der Waals surface area contributed by atoms with E-state index in [2.05, 4.69) is 42.8 Å². The summed E-state index contributed by atoms with van der Waals surface area (Å²) in [4.78, 5) is 0. The van der Waals surface area contributed by atoms with Crippen molar-refractivity contribution in [2.45, 2.75) is 84.8 Å². The molecule has 3 heteroatoms. The number of nitrogens with zero attached hydrogens (tertiary/aromatic N) is 1. The largest absolute Gasteiger partial charge is 1.00 e. The number of ether oxygens (including phenoxy) is 1. The SMILES string of the molecule is CCCCCCCCCCCCOC[n+]1ccccc1C.[Cl-]. The van der Waals surface area contributed by atoms with E-state index in [9.17, 15) is 0 Å². The van der Waals surface area contributed by atoms with Crippen molar-refractivity contribution >= 4 is 0 Å². The van der Waals surface area contributed by atoms with Crippen LogP contribution < -0.4 is 17.0 Å². The second kappa shape index (κ2) is 15.3. The zero-order valence-electron chi connectivity index (χ0n) is 14.5. The third-order valence-corrected chi connectivity index (χ3v) is 4.04. The lowest BCUT2D eigenvalue weighted by Gasteiger charge is -2.03. The monoisotopic (exact) mass is 327 g/mol. The number of rotatable bonds is 13. The van der Waals surface area contributed by atoms with E-state index in [1.54, 1.807) is 0 Å². The summed E-state index contributed by atoms with van der Waals surface area (Å²) in [7, 11) is 0. The number of pyridine rings is 1. The molecule has 0 amide bonds. The first-order chi connectivity index (χ1) is 10.3. The number of halogens is 1. The highest BCUT2D eigenvalue weighted by molar-refractivity contribution is 4.93. The van der Waals surface area contributed by atoms with Gasteiger partial charge in [-0.25, -0.2) is 0 Å². The molecule has 0 saturated heterocycles. The third-order valence-electron chi connectivity index (χ3n) is 4.04. The molecule has 0 aromatic carbocycles. The molecule has 0 atom stereocenters. The second-order valence-electron chi connectivity index (χ2n) is 6.03. The van der Waals surface area contributed by atoms with Crippen LogP contribution in [0.15, 0.2) is 24.4 Å². The summed E-state index contributed by atoms with van der Waals surface area (Å²) < 4.78 is 7.88. The van der Waals surface area contributed by atoms with Crippen LogP contribution in [-0.2, 0) is 11.5 Å². The van der Waals surface area contributed by atoms with Crippen molar-refractivity contribution in [1.82, 2.24) is 0 Å². The molecule has 0 N–H and O–H groups in total. The molecular weight excluding hydrogens is 294 g/mol. The molecule has 1 rings (SSSR count). The van der Waals surface area contributed by atoms with Gasteiger partial charge in [0.2, 0.25) is 0 Å². The van der Waals surface area contributed by atoms with Crippen LogP contribution in [0.5, 0.6) is 0 Å². The third kappa shape index (κ3) is 11.0. The maximum absolute atomic E-state index is 5.74. The van der Waals surface area contributed by atoms with E-state index in [1.165, 1.54) is 69.9 Å². The van der Waals surface area contributed by atoms with Crippen LogP contribution in [0.2, 0.25) is 0 Å². The van der Waals surface area contributed by atoms with Gasteiger partial charge in [0, 0.05) is 19.1 Å². The molecule has 0 saturated carbocycles. The molecule has 0 aliphatic rings. The van der Waals surface area contributed by atoms with Crippen molar-refractivity contribution in [2.75, 3.05) is 6.61 Å². The minimum Gasteiger partial charge on any atom is -1.00 e. The molecular formula is C19H34ClNO. The van der Waals surface area contributed by atoms with Gasteiger partial charge in [-0.2, -0.15) is 4.57 Å². The van der Waals surface area contributed by atoms with E-state index in [1.807, 2.05) is 0 Å². The van der Waals surface area contributed by atoms with Crippen LogP contribution in [0.1, 0.15) is 76.8 Å². The predicted molar refractivity (Wildman–Crippen MR) is 89.2 cm³/mol. The number of hydrogen-bond donors (Lipinski definition) is 0. The maximum atomic E-state index is 5.74. The van der Waals surface area contributed by atoms with Crippen LogP contribution in [-0.4, -0.2) is 6.61 Å². The predicted octanol–water partition coefficient (Wildman–Crippen LogP) is 2.18. The van der Waals surface area contributed by atoms with Crippen LogP contribution in [0.25, 0.3) is 0 Å². The van der Waals surface area contributed by atoms with Gasteiger partial charge < -0.3 is 17.1 Å². The van der Waals surface area contributed by atoms with Crippen molar-refractivity contribution in [3.05, 3.63) is 30.1 Å². The minimum atomic E-state index is 0. The fourth-order valence-electron chi connectivity index (χ4n) is 2.56. The minimum absolute atomic E-state index is 0. The average Bonchev–Trinajstić information content (AvgIpc) is 2.50. The van der Waals surface area contributed by atoms with Crippen LogP contribution in [0.4, 0.5) is 0 Å². The molecule has 0 spiro atoms. The van der Waals surface area contributed by atoms with Crippen LogP contribution >= 0.6 is 0 Å². The molecule has 0 fully saturated rings. The summed E-state index contributed by atoms with van der Waals surface area (Å²) in [6.07, 6.45) is 15.8. The van der Waals surface area contributed by atoms with Gasteiger partial charge in [0.1, 0.15) is 0 Å². The van der Waals surface area contributed by atoms with Gasteiger partial charge in [-0.3, -0.25) is 0 Å². The molecule has 1 aromatic heterocycles. The first kappa shape index (κ1) is 21.4. The van der Waals surface area contributed by atoms with E-state index in [4.69, 9.17) is 4.74 Å². The Morgan fingerprint density at radius 3 is 2.05 bits per heavy atom. The normalized spacial score (nSPS) is 10.5. The summed E-state index contributed by atoms with van der Waals surface area (Å²) in [5.41, 5.74) is 1.25. The number of aryl methyl sites for hydroxylation is 1. The Morgan fingerprint density at radius 2 is 1.45 bits per heavy atom. The zero-order valence-corrected chi connectivity index (χ0v) is 15.3. The number of unbranched alkanes of at least 4 members (excludes halogenated alkanes) is 9. The first-order valence-electron chi connectivity index (χ1n) is 8.87. The van der Waals surface area contributed by atoms with Crippen molar-refractivity contribution in [3.8, 4) is 0 Å². The number of aromatic nitrogens is 1. The number of hydrogen-bond acceptors (Lipinski definition) is 1. The average molecular weight is 328 g/mol. The van der Waals surface area contributed by atoms with Gasteiger partial charge in [0.05, 0.1) is 6.61 Å². The van der Waals surface area contributed by atoms with E-state index in [-0.39, 0.29) is 12.4 Å². The lowest BCUT2D eigenvalue weighted by atomic mass is 10.1. The zero-order chi connectivity index (χ0) is 15.2. The molecule has 1 aromatic rings. The molecule has 0 bridgehead atoms. The van der Waals surface area contributed by atoms with E-state index < -0.39 is 0 Å². The lowest BCUT2D eigenvalue weighted by Crippen LogP contribution is -3.00. The Labute approximate surface area is 143 Å². The van der Waals surface area contributed by atoms with E-state index in [0.29, 0.717) is 6.73 Å². The quantitative estimate of drug-likeness (QED) is 0.400. The highest BCUT2D eigenvalue weighted by atomic mass is 35.5. The smallest absolute Gasteiger partial charge is 0.252 e. The molecule has 0 aliphatic heterocycles. The second-order valence-corrected chi connectivity index (χ2v) is 6.03. The van der Waals surface area contributed by atoms with Crippen molar-refractivity contribution in [3.63, 3.8) is 0 Å². The van der Waals surface area contributed by atoms with E-state index in [0.717, 1.165) is 6.61 Å². The van der Waals surface area contributed by atoms with Crippen molar-refractivity contribution in [1.29, 1.82) is 0 Å². The summed E-state index contributed by atoms with van der Waals surface area (Å²) in [6.45, 7) is 5.96. The topological polar surface area (TPSA) is 13.1 Å². The lowest BCUT2D eigenvalue weighted by molar-refractivity contribution is -0.738. The standard InChI is InChI=1S/C19H34NO.ClH/c1-3-4-5-6-7-8-9-10-11-14-17-21-18-20-16-13-12-15-19(20)2;/h12-13,15-16H,3-11,14,17-18H2,1-2H3;1H/q+1;/p-1. The van der Waals surface area contributed by atoms with Gasteiger partial charge in [-0.1, -0.05) is 70.8 Å². The van der Waals surface area contributed by atoms with Gasteiger partial charge in [-0.05, 0) is 6.42 Å². The molecule has 0 unspecified atom stereocenters. The maximum Gasteiger partial charge on any atom is 0.252 e. The van der Waals surface area contributed by atoms with Gasteiger partial charge >= 0.3 is 0 Å². The molecule has 128 valence electrons.